The average molecular weight is 240 g/mol. The highest BCUT2D eigenvalue weighted by Gasteiger charge is 2.05. The van der Waals surface area contributed by atoms with Gasteiger partial charge in [-0.15, -0.1) is 0 Å². The lowest BCUT2D eigenvalue weighted by Crippen LogP contribution is -1.93. The number of aromatic nitrogens is 2. The van der Waals surface area contributed by atoms with E-state index in [0.717, 1.165) is 21.5 Å². The van der Waals surface area contributed by atoms with Gasteiger partial charge in [-0.3, -0.25) is 4.57 Å². The van der Waals surface area contributed by atoms with Gasteiger partial charge in [0.1, 0.15) is 0 Å². The molecule has 0 amide bonds. The van der Waals surface area contributed by atoms with Crippen molar-refractivity contribution in [1.82, 2.24) is 9.55 Å². The Bertz CT molecular complexity index is 737. The van der Waals surface area contributed by atoms with Crippen LogP contribution in [-0.4, -0.2) is 9.55 Å². The largest absolute Gasteiger partial charge is 0.330 e. The second-order valence-corrected chi connectivity index (χ2v) is 4.51. The number of imidazole rings is 1. The van der Waals surface area contributed by atoms with Crippen molar-refractivity contribution in [3.05, 3.63) is 58.9 Å². The molecule has 3 rings (SSSR count). The van der Waals surface area contributed by atoms with E-state index in [1.807, 2.05) is 24.3 Å². The minimum absolute atomic E-state index is 0.733. The van der Waals surface area contributed by atoms with Crippen molar-refractivity contribution in [1.29, 1.82) is 0 Å². The summed E-state index contributed by atoms with van der Waals surface area (Å²) in [6.45, 7) is 2.09. The first kappa shape index (κ1) is 10.3. The van der Waals surface area contributed by atoms with Crippen LogP contribution < -0.4 is 0 Å². The van der Waals surface area contributed by atoms with E-state index in [-0.39, 0.29) is 0 Å². The number of rotatable bonds is 1. The molecular formula is C14H12N2S. The Morgan fingerprint density at radius 3 is 2.71 bits per heavy atom. The van der Waals surface area contributed by atoms with Crippen LogP contribution in [0.4, 0.5) is 0 Å². The maximum Gasteiger partial charge on any atom is 0.182 e. The number of hydrogen-bond donors (Lipinski definition) is 1. The predicted molar refractivity (Wildman–Crippen MR) is 73.2 cm³/mol. The molecule has 2 aromatic carbocycles. The topological polar surface area (TPSA) is 20.7 Å². The summed E-state index contributed by atoms with van der Waals surface area (Å²) in [5, 5.41) is 0. The van der Waals surface area contributed by atoms with E-state index in [1.165, 1.54) is 5.56 Å². The summed E-state index contributed by atoms with van der Waals surface area (Å²) in [6, 6.07) is 16.5. The zero-order valence-electron chi connectivity index (χ0n) is 9.47. The number of fused-ring (bicyclic) bond motifs is 1. The summed E-state index contributed by atoms with van der Waals surface area (Å²) in [4.78, 5) is 3.22. The van der Waals surface area contributed by atoms with Gasteiger partial charge in [-0.05, 0) is 49.0 Å². The number of H-pyrrole nitrogens is 1. The molecule has 0 fully saturated rings. The number of nitrogens with zero attached hydrogens (tertiary/aromatic N) is 1. The zero-order valence-corrected chi connectivity index (χ0v) is 10.3. The van der Waals surface area contributed by atoms with E-state index in [1.54, 1.807) is 0 Å². The number of para-hydroxylation sites is 2. The maximum absolute atomic E-state index is 5.39. The van der Waals surface area contributed by atoms with Crippen LogP contribution in [0.3, 0.4) is 0 Å². The molecule has 17 heavy (non-hydrogen) atoms. The fraction of sp³-hybridized carbons (Fsp3) is 0.0714. The minimum atomic E-state index is 0.733. The summed E-state index contributed by atoms with van der Waals surface area (Å²) < 4.78 is 2.80. The van der Waals surface area contributed by atoms with Crippen LogP contribution in [0.1, 0.15) is 5.56 Å². The number of aryl methyl sites for hydroxylation is 1. The molecule has 0 radical (unpaired) electrons. The first-order valence-corrected chi connectivity index (χ1v) is 5.93. The van der Waals surface area contributed by atoms with Crippen molar-refractivity contribution in [3.8, 4) is 5.69 Å². The number of hydrogen-bond acceptors (Lipinski definition) is 1. The van der Waals surface area contributed by atoms with Crippen LogP contribution in [0.5, 0.6) is 0 Å². The Labute approximate surface area is 105 Å². The molecule has 0 saturated heterocycles. The molecule has 84 valence electrons. The molecule has 0 aliphatic carbocycles. The van der Waals surface area contributed by atoms with Crippen LogP contribution in [0.2, 0.25) is 0 Å². The highest BCUT2D eigenvalue weighted by Crippen LogP contribution is 2.19. The zero-order chi connectivity index (χ0) is 11.8. The van der Waals surface area contributed by atoms with E-state index in [9.17, 15) is 0 Å². The molecule has 0 bridgehead atoms. The molecule has 0 saturated carbocycles. The summed E-state index contributed by atoms with van der Waals surface area (Å²) in [6.07, 6.45) is 0. The molecule has 0 atom stereocenters. The van der Waals surface area contributed by atoms with Crippen molar-refractivity contribution in [3.63, 3.8) is 0 Å². The van der Waals surface area contributed by atoms with Crippen molar-refractivity contribution >= 4 is 23.3 Å². The van der Waals surface area contributed by atoms with Gasteiger partial charge in [0.15, 0.2) is 4.77 Å². The maximum atomic E-state index is 5.39. The lowest BCUT2D eigenvalue weighted by atomic mass is 10.2. The highest BCUT2D eigenvalue weighted by atomic mass is 32.1. The molecule has 3 aromatic rings. The first-order valence-electron chi connectivity index (χ1n) is 5.52. The van der Waals surface area contributed by atoms with Gasteiger partial charge in [0.05, 0.1) is 11.0 Å². The minimum Gasteiger partial charge on any atom is -0.330 e. The summed E-state index contributed by atoms with van der Waals surface area (Å²) in [5.74, 6) is 0. The first-order chi connectivity index (χ1) is 8.25. The molecule has 0 aliphatic rings. The second-order valence-electron chi connectivity index (χ2n) is 4.12. The molecule has 0 unspecified atom stereocenters. The van der Waals surface area contributed by atoms with E-state index < -0.39 is 0 Å². The molecule has 3 heteroatoms. The fourth-order valence-corrected chi connectivity index (χ4v) is 2.39. The molecule has 1 heterocycles. The van der Waals surface area contributed by atoms with Crippen molar-refractivity contribution in [2.24, 2.45) is 0 Å². The third kappa shape index (κ3) is 1.68. The summed E-state index contributed by atoms with van der Waals surface area (Å²) >= 11 is 5.39. The Kier molecular flexibility index (Phi) is 2.34. The van der Waals surface area contributed by atoms with Gasteiger partial charge in [-0.1, -0.05) is 24.3 Å². The van der Waals surface area contributed by atoms with Gasteiger partial charge in [0, 0.05) is 5.69 Å². The fourth-order valence-electron chi connectivity index (χ4n) is 2.08. The number of nitrogens with one attached hydrogen (secondary N) is 1. The van der Waals surface area contributed by atoms with Crippen LogP contribution in [0.15, 0.2) is 48.5 Å². The van der Waals surface area contributed by atoms with E-state index in [4.69, 9.17) is 12.2 Å². The summed E-state index contributed by atoms with van der Waals surface area (Å²) in [5.41, 5.74) is 4.52. The molecule has 2 nitrogen and oxygen atoms in total. The second kappa shape index (κ2) is 3.86. The standard InChI is InChI=1S/C14H12N2S/c1-10-5-4-6-11(9-10)16-13-8-3-2-7-12(13)15-14(16)17/h2-9H,1H3,(H,15,17). The van der Waals surface area contributed by atoms with Crippen molar-refractivity contribution in [2.75, 3.05) is 0 Å². The molecule has 1 N–H and O–H groups in total. The average Bonchev–Trinajstić information content (AvgIpc) is 2.64. The van der Waals surface area contributed by atoms with Gasteiger partial charge in [-0.2, -0.15) is 0 Å². The normalized spacial score (nSPS) is 10.9. The van der Waals surface area contributed by atoms with Crippen molar-refractivity contribution < 1.29 is 0 Å². The predicted octanol–water partition coefficient (Wildman–Crippen LogP) is 4.00. The molecule has 1 aromatic heterocycles. The van der Waals surface area contributed by atoms with Gasteiger partial charge in [0.25, 0.3) is 0 Å². The third-order valence-electron chi connectivity index (χ3n) is 2.85. The van der Waals surface area contributed by atoms with E-state index in [2.05, 4.69) is 40.7 Å². The smallest absolute Gasteiger partial charge is 0.182 e. The molecular weight excluding hydrogens is 228 g/mol. The SMILES string of the molecule is Cc1cccc(-n2c(=S)[nH]c3ccccc32)c1. The lowest BCUT2D eigenvalue weighted by Gasteiger charge is -2.05. The van der Waals surface area contributed by atoms with Crippen LogP contribution in [0, 0.1) is 11.7 Å². The van der Waals surface area contributed by atoms with E-state index >= 15 is 0 Å². The Morgan fingerprint density at radius 2 is 1.88 bits per heavy atom. The Hall–Kier alpha value is -1.87. The van der Waals surface area contributed by atoms with Crippen molar-refractivity contribution in [2.45, 2.75) is 6.92 Å². The van der Waals surface area contributed by atoms with Crippen LogP contribution in [0.25, 0.3) is 16.7 Å². The third-order valence-corrected chi connectivity index (χ3v) is 3.13. The lowest BCUT2D eigenvalue weighted by molar-refractivity contribution is 1.06. The Morgan fingerprint density at radius 1 is 1.06 bits per heavy atom. The summed E-state index contributed by atoms with van der Waals surface area (Å²) in [7, 11) is 0. The Balaban J connectivity index is 2.37. The monoisotopic (exact) mass is 240 g/mol. The number of benzene rings is 2. The van der Waals surface area contributed by atoms with Gasteiger partial charge >= 0.3 is 0 Å². The van der Waals surface area contributed by atoms with Gasteiger partial charge in [-0.25, -0.2) is 0 Å². The van der Waals surface area contributed by atoms with Gasteiger partial charge < -0.3 is 4.98 Å². The van der Waals surface area contributed by atoms with Crippen LogP contribution >= 0.6 is 12.2 Å². The molecule has 0 aliphatic heterocycles. The van der Waals surface area contributed by atoms with Gasteiger partial charge in [0.2, 0.25) is 0 Å². The quantitative estimate of drug-likeness (QED) is 0.638. The number of aromatic amines is 1. The van der Waals surface area contributed by atoms with Crippen LogP contribution in [-0.2, 0) is 0 Å². The molecule has 0 spiro atoms. The van der Waals surface area contributed by atoms with E-state index in [0.29, 0.717) is 0 Å². The highest BCUT2D eigenvalue weighted by molar-refractivity contribution is 7.71.